The van der Waals surface area contributed by atoms with Crippen LogP contribution in [0.15, 0.2) is 12.5 Å². The topological polar surface area (TPSA) is 48.3 Å². The first-order valence-corrected chi connectivity index (χ1v) is 7.12. The molecule has 0 aromatic carbocycles. The molecular formula is C14H25N3O2. The fraction of sp³-hybridized carbons (Fsp3) is 0.786. The molecule has 1 fully saturated rings. The number of imidazole rings is 1. The first-order valence-electron chi connectivity index (χ1n) is 7.12. The van der Waals surface area contributed by atoms with Gasteiger partial charge in [0, 0.05) is 32.3 Å². The molecule has 0 amide bonds. The van der Waals surface area contributed by atoms with Gasteiger partial charge in [0.25, 0.3) is 0 Å². The Kier molecular flexibility index (Phi) is 5.36. The van der Waals surface area contributed by atoms with Crippen molar-refractivity contribution in [2.24, 2.45) is 7.05 Å². The van der Waals surface area contributed by atoms with Crippen LogP contribution in [0.25, 0.3) is 0 Å². The number of nitrogens with zero attached hydrogens (tertiary/aromatic N) is 2. The van der Waals surface area contributed by atoms with Crippen molar-refractivity contribution in [3.05, 3.63) is 18.2 Å². The highest BCUT2D eigenvalue weighted by Gasteiger charge is 2.26. The fourth-order valence-electron chi connectivity index (χ4n) is 2.58. The second-order valence-electron chi connectivity index (χ2n) is 5.24. The summed E-state index contributed by atoms with van der Waals surface area (Å²) in [6.45, 7) is 6.54. The molecule has 1 aromatic heterocycles. The fourth-order valence-corrected chi connectivity index (χ4v) is 2.58. The zero-order chi connectivity index (χ0) is 13.7. The summed E-state index contributed by atoms with van der Waals surface area (Å²) in [5.41, 5.74) is 1.16. The van der Waals surface area contributed by atoms with Crippen molar-refractivity contribution in [1.82, 2.24) is 14.9 Å². The average molecular weight is 267 g/mol. The maximum atomic E-state index is 5.86. The lowest BCUT2D eigenvalue weighted by molar-refractivity contribution is -0.00764. The van der Waals surface area contributed by atoms with Gasteiger partial charge >= 0.3 is 0 Å². The van der Waals surface area contributed by atoms with E-state index in [1.807, 2.05) is 31.1 Å². The second-order valence-corrected chi connectivity index (χ2v) is 5.24. The molecule has 1 aromatic rings. The molecule has 2 rings (SSSR count). The minimum Gasteiger partial charge on any atom is -0.380 e. The summed E-state index contributed by atoms with van der Waals surface area (Å²) >= 11 is 0. The predicted octanol–water partition coefficient (Wildman–Crippen LogP) is 1.65. The second kappa shape index (κ2) is 7.03. The third kappa shape index (κ3) is 4.03. The van der Waals surface area contributed by atoms with Crippen LogP contribution < -0.4 is 5.32 Å². The Balaban J connectivity index is 1.85. The van der Waals surface area contributed by atoms with Gasteiger partial charge in [0.1, 0.15) is 6.10 Å². The maximum absolute atomic E-state index is 5.86. The van der Waals surface area contributed by atoms with Crippen molar-refractivity contribution >= 4 is 0 Å². The average Bonchev–Trinajstić information content (AvgIpc) is 2.83. The zero-order valence-corrected chi connectivity index (χ0v) is 12.1. The van der Waals surface area contributed by atoms with Gasteiger partial charge in [-0.1, -0.05) is 0 Å². The van der Waals surface area contributed by atoms with Gasteiger partial charge in [0.2, 0.25) is 0 Å². The van der Waals surface area contributed by atoms with Gasteiger partial charge in [0.05, 0.1) is 24.8 Å². The monoisotopic (exact) mass is 267 g/mol. The number of aromatic nitrogens is 2. The van der Waals surface area contributed by atoms with Gasteiger partial charge in [0.15, 0.2) is 0 Å². The summed E-state index contributed by atoms with van der Waals surface area (Å²) in [4.78, 5) is 4.17. The van der Waals surface area contributed by atoms with Crippen LogP contribution in [0.1, 0.15) is 38.5 Å². The number of rotatable bonds is 6. The van der Waals surface area contributed by atoms with Crippen molar-refractivity contribution in [3.63, 3.8) is 0 Å². The molecule has 108 valence electrons. The number of aryl methyl sites for hydroxylation is 1. The Morgan fingerprint density at radius 2 is 2.47 bits per heavy atom. The van der Waals surface area contributed by atoms with Crippen LogP contribution in [-0.2, 0) is 16.5 Å². The normalized spacial score (nSPS) is 25.4. The molecule has 0 saturated carbocycles. The minimum atomic E-state index is 0.151. The van der Waals surface area contributed by atoms with Gasteiger partial charge < -0.3 is 19.4 Å². The predicted molar refractivity (Wildman–Crippen MR) is 74.0 cm³/mol. The summed E-state index contributed by atoms with van der Waals surface area (Å²) in [6, 6.07) is 0.874. The van der Waals surface area contributed by atoms with Gasteiger partial charge in [-0.05, 0) is 26.7 Å². The molecule has 19 heavy (non-hydrogen) atoms. The van der Waals surface area contributed by atoms with Crippen LogP contribution in [0.4, 0.5) is 0 Å². The van der Waals surface area contributed by atoms with E-state index in [-0.39, 0.29) is 6.10 Å². The van der Waals surface area contributed by atoms with Crippen molar-refractivity contribution < 1.29 is 9.47 Å². The molecule has 1 aliphatic heterocycles. The largest absolute Gasteiger partial charge is 0.380 e. The van der Waals surface area contributed by atoms with Crippen molar-refractivity contribution in [2.75, 3.05) is 19.8 Å². The van der Waals surface area contributed by atoms with E-state index in [4.69, 9.17) is 9.47 Å². The van der Waals surface area contributed by atoms with Crippen molar-refractivity contribution in [3.8, 4) is 0 Å². The maximum Gasteiger partial charge on any atom is 0.100 e. The molecule has 0 unspecified atom stereocenters. The quantitative estimate of drug-likeness (QED) is 0.851. The SMILES string of the molecule is CCOC[C@H](C)N[C@H]1CCO[C@H](c2cncn2C)C1. The van der Waals surface area contributed by atoms with Gasteiger partial charge in [-0.2, -0.15) is 0 Å². The third-order valence-corrected chi connectivity index (χ3v) is 3.56. The third-order valence-electron chi connectivity index (χ3n) is 3.56. The molecule has 0 aliphatic carbocycles. The van der Waals surface area contributed by atoms with E-state index in [1.54, 1.807) is 0 Å². The smallest absolute Gasteiger partial charge is 0.100 e. The Morgan fingerprint density at radius 1 is 1.63 bits per heavy atom. The van der Waals surface area contributed by atoms with Crippen LogP contribution in [-0.4, -0.2) is 41.5 Å². The lowest BCUT2D eigenvalue weighted by Gasteiger charge is -2.32. The summed E-state index contributed by atoms with van der Waals surface area (Å²) in [6.07, 6.45) is 5.93. The standard InChI is InChI=1S/C14H25N3O2/c1-4-18-9-11(2)16-12-5-6-19-14(7-12)13-8-15-10-17(13)3/h8,10-12,14,16H,4-7,9H2,1-3H3/t11-,12-,14-/m0/s1. The molecule has 3 atom stereocenters. The number of ether oxygens (including phenoxy) is 2. The summed E-state index contributed by atoms with van der Waals surface area (Å²) in [7, 11) is 2.01. The highest BCUT2D eigenvalue weighted by molar-refractivity contribution is 5.04. The molecule has 1 aliphatic rings. The molecular weight excluding hydrogens is 242 g/mol. The van der Waals surface area contributed by atoms with E-state index in [1.165, 1.54) is 0 Å². The molecule has 0 bridgehead atoms. The van der Waals surface area contributed by atoms with Gasteiger partial charge in [-0.3, -0.25) is 0 Å². The van der Waals surface area contributed by atoms with Crippen LogP contribution >= 0.6 is 0 Å². The Bertz CT molecular complexity index is 381. The van der Waals surface area contributed by atoms with Crippen LogP contribution in [0.5, 0.6) is 0 Å². The molecule has 1 N–H and O–H groups in total. The Labute approximate surface area is 115 Å². The number of hydrogen-bond donors (Lipinski definition) is 1. The van der Waals surface area contributed by atoms with Gasteiger partial charge in [-0.25, -0.2) is 4.98 Å². The van der Waals surface area contributed by atoms with E-state index in [9.17, 15) is 0 Å². The van der Waals surface area contributed by atoms with Crippen LogP contribution in [0, 0.1) is 0 Å². The molecule has 5 nitrogen and oxygen atoms in total. The summed E-state index contributed by atoms with van der Waals surface area (Å²) in [5, 5.41) is 3.63. The summed E-state index contributed by atoms with van der Waals surface area (Å²) in [5.74, 6) is 0. The van der Waals surface area contributed by atoms with E-state index < -0.39 is 0 Å². The van der Waals surface area contributed by atoms with E-state index >= 15 is 0 Å². The Morgan fingerprint density at radius 3 is 3.16 bits per heavy atom. The molecule has 1 saturated heterocycles. The van der Waals surface area contributed by atoms with Crippen molar-refractivity contribution in [2.45, 2.75) is 44.9 Å². The van der Waals surface area contributed by atoms with Crippen molar-refractivity contribution in [1.29, 1.82) is 0 Å². The first kappa shape index (κ1) is 14.5. The molecule has 0 radical (unpaired) electrons. The lowest BCUT2D eigenvalue weighted by Crippen LogP contribution is -2.43. The van der Waals surface area contributed by atoms with Crippen LogP contribution in [0.2, 0.25) is 0 Å². The highest BCUT2D eigenvalue weighted by Crippen LogP contribution is 2.27. The van der Waals surface area contributed by atoms with E-state index in [2.05, 4.69) is 17.2 Å². The minimum absolute atomic E-state index is 0.151. The van der Waals surface area contributed by atoms with E-state index in [0.29, 0.717) is 12.1 Å². The number of nitrogens with one attached hydrogen (secondary N) is 1. The summed E-state index contributed by atoms with van der Waals surface area (Å²) < 4.78 is 13.3. The van der Waals surface area contributed by atoms with Gasteiger partial charge in [-0.15, -0.1) is 0 Å². The Hall–Kier alpha value is -0.910. The van der Waals surface area contributed by atoms with Crippen LogP contribution in [0.3, 0.4) is 0 Å². The van der Waals surface area contributed by atoms with E-state index in [0.717, 1.165) is 38.4 Å². The highest BCUT2D eigenvalue weighted by atomic mass is 16.5. The lowest BCUT2D eigenvalue weighted by atomic mass is 10.0. The molecule has 2 heterocycles. The molecule has 0 spiro atoms. The first-order chi connectivity index (χ1) is 9.20. The zero-order valence-electron chi connectivity index (χ0n) is 12.1. The number of hydrogen-bond acceptors (Lipinski definition) is 4. The molecule has 5 heteroatoms.